The zero-order valence-corrected chi connectivity index (χ0v) is 26.5. The van der Waals surface area contributed by atoms with E-state index >= 15 is 0 Å². The molecule has 0 spiro atoms. The molecule has 3 heteroatoms. The molecule has 4 aliphatic rings. The fourth-order valence-corrected chi connectivity index (χ4v) is 6.09. The quantitative estimate of drug-likeness (QED) is 0.322. The molecule has 0 radical (unpaired) electrons. The van der Waals surface area contributed by atoms with E-state index in [0.717, 1.165) is 24.7 Å². The van der Waals surface area contributed by atoms with Crippen LogP contribution >= 0.6 is 0 Å². The van der Waals surface area contributed by atoms with Crippen LogP contribution < -0.4 is 24.8 Å². The van der Waals surface area contributed by atoms with Crippen molar-refractivity contribution < 1.29 is 44.8 Å². The van der Waals surface area contributed by atoms with Crippen molar-refractivity contribution in [3.05, 3.63) is 83.0 Å². The minimum atomic E-state index is 0. The summed E-state index contributed by atoms with van der Waals surface area (Å²) in [5.74, 6) is 1.57. The first kappa shape index (κ1) is 33.3. The van der Waals surface area contributed by atoms with E-state index in [1.807, 2.05) is 12.2 Å². The summed E-state index contributed by atoms with van der Waals surface area (Å²) in [4.78, 5) is 0. The van der Waals surface area contributed by atoms with Crippen LogP contribution in [0.2, 0.25) is 0 Å². The molecule has 0 aromatic heterocycles. The Hall–Kier alpha value is -0.916. The molecule has 0 N–H and O–H groups in total. The van der Waals surface area contributed by atoms with Gasteiger partial charge < -0.3 is 24.8 Å². The Balaban J connectivity index is 0.000000330. The maximum absolute atomic E-state index is 3.84. The van der Waals surface area contributed by atoms with Crippen molar-refractivity contribution >= 4 is 3.81 Å². The molecule has 2 aromatic rings. The van der Waals surface area contributed by atoms with Crippen LogP contribution in [-0.4, -0.2) is 3.81 Å². The van der Waals surface area contributed by atoms with Gasteiger partial charge in [-0.3, -0.25) is 6.08 Å². The van der Waals surface area contributed by atoms with Gasteiger partial charge in [-0.05, 0) is 55.1 Å². The van der Waals surface area contributed by atoms with Crippen molar-refractivity contribution in [2.45, 2.75) is 116 Å². The molecule has 4 aliphatic carbocycles. The van der Waals surface area contributed by atoms with Crippen molar-refractivity contribution in [1.29, 1.82) is 0 Å². The van der Waals surface area contributed by atoms with Crippen LogP contribution in [0.25, 0.3) is 11.1 Å². The number of rotatable bonds is 4. The summed E-state index contributed by atoms with van der Waals surface area (Å²) in [6, 6.07) is 16.0. The topological polar surface area (TPSA) is 0 Å². The first-order valence-corrected chi connectivity index (χ1v) is 15.4. The molecule has 0 heterocycles. The SMILES string of the molecule is CC[C](=[Ti+2])CC.[C-]1=CC=CC1.[Cl-].[Cl-].[c-]1c(C2CCCCC2)ccc2c1Cc1cc(C3CCCCC3)ccc1-2. The molecule has 204 valence electrons. The number of fused-ring (bicyclic) bond motifs is 3. The van der Waals surface area contributed by atoms with Crippen molar-refractivity contribution in [2.75, 3.05) is 0 Å². The molecule has 0 amide bonds. The normalized spacial score (nSPS) is 17.6. The van der Waals surface area contributed by atoms with Crippen molar-refractivity contribution in [3.63, 3.8) is 0 Å². The zero-order chi connectivity index (χ0) is 25.2. The van der Waals surface area contributed by atoms with Crippen LogP contribution in [0, 0.1) is 12.1 Å². The summed E-state index contributed by atoms with van der Waals surface area (Å²) < 4.78 is 1.59. The fourth-order valence-electron chi connectivity index (χ4n) is 6.09. The molecule has 6 rings (SSSR count). The first-order chi connectivity index (χ1) is 17.7. The average Bonchev–Trinajstić information content (AvgIpc) is 3.65. The van der Waals surface area contributed by atoms with Gasteiger partial charge in [-0.1, -0.05) is 62.3 Å². The third kappa shape index (κ3) is 9.33. The Morgan fingerprint density at radius 1 is 0.816 bits per heavy atom. The van der Waals surface area contributed by atoms with E-state index in [2.05, 4.69) is 82.4 Å². The summed E-state index contributed by atoms with van der Waals surface area (Å²) in [5.41, 5.74) is 9.01. The molecule has 0 unspecified atom stereocenters. The van der Waals surface area contributed by atoms with Crippen LogP contribution in [0.15, 0.2) is 48.6 Å². The van der Waals surface area contributed by atoms with Gasteiger partial charge in [-0.25, -0.2) is 12.2 Å². The van der Waals surface area contributed by atoms with E-state index in [-0.39, 0.29) is 24.8 Å². The van der Waals surface area contributed by atoms with Gasteiger partial charge in [0, 0.05) is 0 Å². The van der Waals surface area contributed by atoms with Gasteiger partial charge in [-0.15, -0.1) is 17.5 Å². The molecular weight excluding hydrogens is 539 g/mol. The molecule has 2 aromatic carbocycles. The fraction of sp³-hybridized carbons (Fsp3) is 0.514. The van der Waals surface area contributed by atoms with Gasteiger partial charge in [0.1, 0.15) is 0 Å². The van der Waals surface area contributed by atoms with Gasteiger partial charge in [0.05, 0.1) is 0 Å². The van der Waals surface area contributed by atoms with Crippen LogP contribution in [0.1, 0.15) is 131 Å². The molecule has 0 atom stereocenters. The minimum absolute atomic E-state index is 0. The monoisotopic (exact) mass is 582 g/mol. The van der Waals surface area contributed by atoms with E-state index in [4.69, 9.17) is 0 Å². The first-order valence-electron chi connectivity index (χ1n) is 14.7. The second-order valence-corrected chi connectivity index (χ2v) is 12.0. The van der Waals surface area contributed by atoms with Gasteiger partial charge in [0.25, 0.3) is 0 Å². The number of halogens is 2. The third-order valence-corrected chi connectivity index (χ3v) is 9.50. The van der Waals surface area contributed by atoms with E-state index in [1.54, 1.807) is 14.9 Å². The van der Waals surface area contributed by atoms with E-state index in [0.29, 0.717) is 0 Å². The van der Waals surface area contributed by atoms with Crippen LogP contribution in [0.4, 0.5) is 0 Å². The summed E-state index contributed by atoms with van der Waals surface area (Å²) >= 11 is 2.19. The Morgan fingerprint density at radius 3 is 1.97 bits per heavy atom. The number of hydrogen-bond donors (Lipinski definition) is 0. The number of allylic oxidation sites excluding steroid dienone is 4. The second kappa shape index (κ2) is 17.7. The Bertz CT molecular complexity index is 974. The number of hydrogen-bond acceptors (Lipinski definition) is 0. The van der Waals surface area contributed by atoms with Crippen LogP contribution in [-0.2, 0) is 26.4 Å². The second-order valence-electron chi connectivity index (χ2n) is 10.9. The average molecular weight is 584 g/mol. The Morgan fingerprint density at radius 2 is 1.45 bits per heavy atom. The van der Waals surface area contributed by atoms with Gasteiger partial charge in [-0.2, -0.15) is 29.8 Å². The summed E-state index contributed by atoms with van der Waals surface area (Å²) in [6.45, 7) is 4.39. The molecule has 0 bridgehead atoms. The van der Waals surface area contributed by atoms with Crippen molar-refractivity contribution in [1.82, 2.24) is 0 Å². The Labute approximate surface area is 256 Å². The van der Waals surface area contributed by atoms with Crippen molar-refractivity contribution in [3.8, 4) is 11.1 Å². The standard InChI is InChI=1S/C25H29.C5H5.C5H10.2ClH.Ti/c1-3-7-18(8-4-1)20-11-13-24-22(15-20)17-23-16-21(12-14-25(23)24)19-9-5-2-6-10-19;1-2-4-5-3-1;1-3-5-4-2;;;/h11-15,18-19H,1-10,17H2;1-3H,4H2;3-4H2,1-2H3;2*1H;/q2*-1;;;;+2/p-2. The predicted molar refractivity (Wildman–Crippen MR) is 152 cm³/mol. The largest absolute Gasteiger partial charge is 1.00 e. The van der Waals surface area contributed by atoms with Gasteiger partial charge in [0.15, 0.2) is 0 Å². The van der Waals surface area contributed by atoms with E-state index in [1.165, 1.54) is 99.3 Å². The minimum Gasteiger partial charge on any atom is -1.00 e. The third-order valence-electron chi connectivity index (χ3n) is 8.40. The van der Waals surface area contributed by atoms with E-state index < -0.39 is 0 Å². The Kier molecular flexibility index (Phi) is 15.5. The summed E-state index contributed by atoms with van der Waals surface area (Å²) in [7, 11) is 0. The summed E-state index contributed by atoms with van der Waals surface area (Å²) in [5, 5.41) is 0. The van der Waals surface area contributed by atoms with Crippen LogP contribution in [0.3, 0.4) is 0 Å². The maximum atomic E-state index is 3.84. The molecule has 38 heavy (non-hydrogen) atoms. The molecule has 2 saturated carbocycles. The number of benzene rings is 2. The summed E-state index contributed by atoms with van der Waals surface area (Å²) in [6.07, 6.45) is 27.6. The molecule has 0 aliphatic heterocycles. The maximum Gasteiger partial charge on any atom is -0.0162 e. The molecular formula is C35H44Cl2Ti-2. The van der Waals surface area contributed by atoms with Gasteiger partial charge in [0.2, 0.25) is 0 Å². The van der Waals surface area contributed by atoms with E-state index in [9.17, 15) is 0 Å². The zero-order valence-electron chi connectivity index (χ0n) is 23.4. The molecule has 0 nitrogen and oxygen atoms in total. The van der Waals surface area contributed by atoms with Crippen molar-refractivity contribution in [2.24, 2.45) is 0 Å². The molecule has 2 fully saturated rings. The van der Waals surface area contributed by atoms with Gasteiger partial charge >= 0.3 is 50.5 Å². The predicted octanol–water partition coefficient (Wildman–Crippen LogP) is 3.99. The molecule has 0 saturated heterocycles. The van der Waals surface area contributed by atoms with Crippen LogP contribution in [0.5, 0.6) is 0 Å². The smallest absolute Gasteiger partial charge is 0.0162 e.